The molecule has 0 heterocycles. The van der Waals surface area contributed by atoms with Crippen LogP contribution in [0.4, 0.5) is 0 Å². The molecule has 0 aliphatic carbocycles. The minimum absolute atomic E-state index is 0.243. The molecule has 0 spiro atoms. The highest BCUT2D eigenvalue weighted by Gasteiger charge is 2.13. The summed E-state index contributed by atoms with van der Waals surface area (Å²) < 4.78 is 0. The second kappa shape index (κ2) is 6.03. The summed E-state index contributed by atoms with van der Waals surface area (Å²) in [6, 6.07) is 10.9. The average Bonchev–Trinajstić information content (AvgIpc) is 2.38. The topological polar surface area (TPSA) is 23.8 Å². The van der Waals surface area contributed by atoms with E-state index in [9.17, 15) is 0 Å². The van der Waals surface area contributed by atoms with Crippen LogP contribution in [0, 0.1) is 11.3 Å². The minimum atomic E-state index is 0.243. The van der Waals surface area contributed by atoms with Crippen molar-refractivity contribution in [2.24, 2.45) is 0 Å². The van der Waals surface area contributed by atoms with E-state index < -0.39 is 0 Å². The molecule has 5 heteroatoms. The van der Waals surface area contributed by atoms with Crippen molar-refractivity contribution in [3.8, 4) is 17.2 Å². The Balaban J connectivity index is 2.66. The molecule has 0 unspecified atom stereocenters. The van der Waals surface area contributed by atoms with Gasteiger partial charge in [0.15, 0.2) is 0 Å². The third-order valence-corrected chi connectivity index (χ3v) is 4.19. The molecule has 0 aliphatic rings. The van der Waals surface area contributed by atoms with Crippen molar-refractivity contribution >= 4 is 46.4 Å². The average molecular weight is 331 g/mol. The van der Waals surface area contributed by atoms with Crippen LogP contribution in [0.5, 0.6) is 0 Å². The zero-order valence-electron chi connectivity index (χ0n) is 9.55. The fourth-order valence-electron chi connectivity index (χ4n) is 1.79. The molecule has 0 saturated heterocycles. The number of nitrogens with zero attached hydrogens (tertiary/aromatic N) is 1. The molecule has 0 aliphatic heterocycles. The van der Waals surface area contributed by atoms with Crippen molar-refractivity contribution in [3.05, 3.63) is 56.0 Å². The first-order chi connectivity index (χ1) is 9.04. The molecule has 2 aromatic rings. The third kappa shape index (κ3) is 2.99. The summed E-state index contributed by atoms with van der Waals surface area (Å²) in [5, 5.41) is 10.5. The summed E-state index contributed by atoms with van der Waals surface area (Å²) in [7, 11) is 0. The van der Waals surface area contributed by atoms with Crippen molar-refractivity contribution in [3.63, 3.8) is 0 Å². The maximum Gasteiger partial charge on any atom is 0.0784 e. The van der Waals surface area contributed by atoms with E-state index in [2.05, 4.69) is 6.07 Å². The maximum absolute atomic E-state index is 8.88. The summed E-state index contributed by atoms with van der Waals surface area (Å²) in [5.41, 5.74) is 2.36. The molecule has 19 heavy (non-hydrogen) atoms. The second-order valence-electron chi connectivity index (χ2n) is 3.86. The smallest absolute Gasteiger partial charge is 0.0784 e. The van der Waals surface area contributed by atoms with Crippen molar-refractivity contribution in [2.45, 2.75) is 6.42 Å². The van der Waals surface area contributed by atoms with Gasteiger partial charge in [0.25, 0.3) is 0 Å². The number of hydrogen-bond acceptors (Lipinski definition) is 1. The quantitative estimate of drug-likeness (QED) is 0.616. The number of halogens is 4. The molecule has 0 N–H and O–H groups in total. The van der Waals surface area contributed by atoms with Gasteiger partial charge in [-0.1, -0.05) is 58.5 Å². The summed E-state index contributed by atoms with van der Waals surface area (Å²) in [5.74, 6) is 0. The van der Waals surface area contributed by atoms with Crippen LogP contribution in [0.2, 0.25) is 20.1 Å². The Labute approximate surface area is 131 Å². The Bertz CT molecular complexity index is 674. The molecule has 2 aromatic carbocycles. The van der Waals surface area contributed by atoms with Crippen molar-refractivity contribution in [1.82, 2.24) is 0 Å². The molecule has 2 rings (SSSR count). The third-order valence-electron chi connectivity index (χ3n) is 2.66. The summed E-state index contributed by atoms with van der Waals surface area (Å²) in [6.45, 7) is 0. The van der Waals surface area contributed by atoms with Gasteiger partial charge in [-0.05, 0) is 29.3 Å². The molecular weight excluding hydrogens is 324 g/mol. The Morgan fingerprint density at radius 2 is 1.58 bits per heavy atom. The van der Waals surface area contributed by atoms with Crippen LogP contribution in [-0.2, 0) is 6.42 Å². The Morgan fingerprint density at radius 1 is 0.895 bits per heavy atom. The van der Waals surface area contributed by atoms with Gasteiger partial charge >= 0.3 is 0 Å². The fraction of sp³-hybridized carbons (Fsp3) is 0.0714. The highest BCUT2D eigenvalue weighted by atomic mass is 35.5. The number of rotatable bonds is 2. The number of hydrogen-bond donors (Lipinski definition) is 0. The second-order valence-corrected chi connectivity index (χ2v) is 5.46. The molecular formula is C14H7Cl4N. The van der Waals surface area contributed by atoms with Gasteiger partial charge in [0.05, 0.1) is 27.6 Å². The van der Waals surface area contributed by atoms with Crippen molar-refractivity contribution in [1.29, 1.82) is 5.26 Å². The van der Waals surface area contributed by atoms with Gasteiger partial charge in [0, 0.05) is 10.6 Å². The van der Waals surface area contributed by atoms with E-state index in [-0.39, 0.29) is 6.42 Å². The van der Waals surface area contributed by atoms with Gasteiger partial charge in [-0.3, -0.25) is 0 Å². The first-order valence-corrected chi connectivity index (χ1v) is 6.85. The van der Waals surface area contributed by atoms with Crippen LogP contribution in [0.25, 0.3) is 11.1 Å². The Hall–Kier alpha value is -0.910. The lowest BCUT2D eigenvalue weighted by Crippen LogP contribution is -1.90. The zero-order valence-corrected chi connectivity index (χ0v) is 12.6. The monoisotopic (exact) mass is 329 g/mol. The molecule has 0 aromatic heterocycles. The number of benzene rings is 2. The van der Waals surface area contributed by atoms with Crippen LogP contribution in [0.15, 0.2) is 30.3 Å². The zero-order chi connectivity index (χ0) is 14.0. The predicted molar refractivity (Wildman–Crippen MR) is 81.2 cm³/mol. The van der Waals surface area contributed by atoms with Crippen LogP contribution < -0.4 is 0 Å². The minimum Gasteiger partial charge on any atom is -0.198 e. The molecule has 0 saturated carbocycles. The van der Waals surface area contributed by atoms with E-state index in [1.54, 1.807) is 24.3 Å². The lowest BCUT2D eigenvalue weighted by Gasteiger charge is -2.11. The summed E-state index contributed by atoms with van der Waals surface area (Å²) in [6.07, 6.45) is 0.243. The van der Waals surface area contributed by atoms with Crippen molar-refractivity contribution < 1.29 is 0 Å². The van der Waals surface area contributed by atoms with E-state index in [0.717, 1.165) is 16.7 Å². The Kier molecular flexibility index (Phi) is 4.60. The van der Waals surface area contributed by atoms with E-state index in [1.807, 2.05) is 6.07 Å². The normalized spacial score (nSPS) is 10.3. The number of nitriles is 1. The molecule has 0 amide bonds. The largest absolute Gasteiger partial charge is 0.198 e. The molecule has 0 radical (unpaired) electrons. The maximum atomic E-state index is 8.88. The summed E-state index contributed by atoms with van der Waals surface area (Å²) >= 11 is 24.1. The van der Waals surface area contributed by atoms with Crippen LogP contribution in [-0.4, -0.2) is 0 Å². The van der Waals surface area contributed by atoms with Gasteiger partial charge in [-0.2, -0.15) is 5.26 Å². The van der Waals surface area contributed by atoms with Gasteiger partial charge in [0.1, 0.15) is 0 Å². The standard InChI is InChI=1S/C14H7Cl4N/c15-9-1-2-10(8(7-9)5-6-19)11-3-4-12(16)14(18)13(11)17/h1-4,7H,5H2. The highest BCUT2D eigenvalue weighted by molar-refractivity contribution is 6.49. The molecule has 96 valence electrons. The highest BCUT2D eigenvalue weighted by Crippen LogP contribution is 2.39. The lowest BCUT2D eigenvalue weighted by molar-refractivity contribution is 1.26. The predicted octanol–water partition coefficient (Wildman–Crippen LogP) is 6.03. The lowest BCUT2D eigenvalue weighted by atomic mass is 9.98. The van der Waals surface area contributed by atoms with Crippen LogP contribution >= 0.6 is 46.4 Å². The Morgan fingerprint density at radius 3 is 2.26 bits per heavy atom. The van der Waals surface area contributed by atoms with Gasteiger partial charge in [-0.15, -0.1) is 0 Å². The fourth-order valence-corrected chi connectivity index (χ4v) is 2.62. The van der Waals surface area contributed by atoms with E-state index in [0.29, 0.717) is 20.1 Å². The SMILES string of the molecule is N#CCc1cc(Cl)ccc1-c1ccc(Cl)c(Cl)c1Cl. The van der Waals surface area contributed by atoms with Gasteiger partial charge in [-0.25, -0.2) is 0 Å². The van der Waals surface area contributed by atoms with Crippen molar-refractivity contribution in [2.75, 3.05) is 0 Å². The molecule has 1 nitrogen and oxygen atoms in total. The molecule has 0 bridgehead atoms. The van der Waals surface area contributed by atoms with E-state index in [1.165, 1.54) is 0 Å². The van der Waals surface area contributed by atoms with E-state index >= 15 is 0 Å². The first-order valence-electron chi connectivity index (χ1n) is 5.34. The first kappa shape index (κ1) is 14.5. The van der Waals surface area contributed by atoms with Crippen LogP contribution in [0.3, 0.4) is 0 Å². The van der Waals surface area contributed by atoms with E-state index in [4.69, 9.17) is 51.7 Å². The van der Waals surface area contributed by atoms with Gasteiger partial charge < -0.3 is 0 Å². The summed E-state index contributed by atoms with van der Waals surface area (Å²) in [4.78, 5) is 0. The van der Waals surface area contributed by atoms with Crippen LogP contribution in [0.1, 0.15) is 5.56 Å². The molecule has 0 atom stereocenters. The van der Waals surface area contributed by atoms with Gasteiger partial charge in [0.2, 0.25) is 0 Å². The molecule has 0 fully saturated rings.